The molecule has 0 spiro atoms. The zero-order valence-corrected chi connectivity index (χ0v) is 11.2. The molecule has 1 aromatic heterocycles. The summed E-state index contributed by atoms with van der Waals surface area (Å²) in [7, 11) is 0. The molecule has 2 heterocycles. The molecule has 0 radical (unpaired) electrons. The first kappa shape index (κ1) is 11.7. The van der Waals surface area contributed by atoms with Gasteiger partial charge >= 0.3 is 0 Å². The Balaban J connectivity index is 1.88. The van der Waals surface area contributed by atoms with Crippen LogP contribution in [0.3, 0.4) is 0 Å². The summed E-state index contributed by atoms with van der Waals surface area (Å²) in [6.07, 6.45) is 0.461. The van der Waals surface area contributed by atoms with Crippen LogP contribution in [0.25, 0.3) is 10.6 Å². The Kier molecular flexibility index (Phi) is 3.05. The molecular formula is C12H11N3OS2. The van der Waals surface area contributed by atoms with Gasteiger partial charge in [-0.05, 0) is 11.5 Å². The van der Waals surface area contributed by atoms with E-state index in [0.29, 0.717) is 18.9 Å². The molecule has 0 aliphatic carbocycles. The van der Waals surface area contributed by atoms with Gasteiger partial charge in [-0.15, -0.1) is 0 Å². The Bertz CT molecular complexity index is 570. The van der Waals surface area contributed by atoms with Crippen molar-refractivity contribution in [3.05, 3.63) is 30.3 Å². The quantitative estimate of drug-likeness (QED) is 0.856. The van der Waals surface area contributed by atoms with Crippen LogP contribution in [-0.4, -0.2) is 27.1 Å². The van der Waals surface area contributed by atoms with Crippen LogP contribution in [0, 0.1) is 0 Å². The summed E-state index contributed by atoms with van der Waals surface area (Å²) >= 11 is 5.64. The SMILES string of the molecule is O=C1CC(S)CN1c1nsc(-c2ccccc2)n1. The summed E-state index contributed by atoms with van der Waals surface area (Å²) < 4.78 is 4.26. The van der Waals surface area contributed by atoms with Crippen LogP contribution in [0.5, 0.6) is 0 Å². The van der Waals surface area contributed by atoms with Crippen LogP contribution < -0.4 is 4.90 Å². The van der Waals surface area contributed by atoms with Crippen LogP contribution >= 0.6 is 24.2 Å². The van der Waals surface area contributed by atoms with Gasteiger partial charge in [0, 0.05) is 23.8 Å². The van der Waals surface area contributed by atoms with Crippen molar-refractivity contribution in [1.82, 2.24) is 9.36 Å². The highest BCUT2D eigenvalue weighted by Crippen LogP contribution is 2.27. The maximum Gasteiger partial charge on any atom is 0.244 e. The third-order valence-corrected chi connectivity index (χ3v) is 3.88. The van der Waals surface area contributed by atoms with Gasteiger partial charge in [-0.1, -0.05) is 30.3 Å². The monoisotopic (exact) mass is 277 g/mol. The van der Waals surface area contributed by atoms with Crippen molar-refractivity contribution in [1.29, 1.82) is 0 Å². The Morgan fingerprint density at radius 1 is 1.33 bits per heavy atom. The van der Waals surface area contributed by atoms with E-state index < -0.39 is 0 Å². The highest BCUT2D eigenvalue weighted by Gasteiger charge is 2.30. The summed E-state index contributed by atoms with van der Waals surface area (Å²) in [6.45, 7) is 0.590. The molecule has 1 aromatic carbocycles. The van der Waals surface area contributed by atoms with E-state index in [0.717, 1.165) is 10.6 Å². The third kappa shape index (κ3) is 2.13. The molecule has 92 valence electrons. The molecule has 1 saturated heterocycles. The van der Waals surface area contributed by atoms with Crippen molar-refractivity contribution < 1.29 is 4.79 Å². The smallest absolute Gasteiger partial charge is 0.244 e. The van der Waals surface area contributed by atoms with E-state index in [1.807, 2.05) is 30.3 Å². The van der Waals surface area contributed by atoms with Gasteiger partial charge in [-0.25, -0.2) is 0 Å². The largest absolute Gasteiger partial charge is 0.279 e. The van der Waals surface area contributed by atoms with E-state index in [-0.39, 0.29) is 11.2 Å². The number of nitrogens with zero attached hydrogens (tertiary/aromatic N) is 3. The number of aromatic nitrogens is 2. The van der Waals surface area contributed by atoms with E-state index in [9.17, 15) is 4.79 Å². The molecule has 1 unspecified atom stereocenters. The first-order valence-electron chi connectivity index (χ1n) is 5.61. The predicted octanol–water partition coefficient (Wildman–Crippen LogP) is 2.24. The van der Waals surface area contributed by atoms with Gasteiger partial charge in [0.2, 0.25) is 11.9 Å². The van der Waals surface area contributed by atoms with Gasteiger partial charge in [0.25, 0.3) is 0 Å². The van der Waals surface area contributed by atoms with E-state index >= 15 is 0 Å². The highest BCUT2D eigenvalue weighted by molar-refractivity contribution is 7.81. The van der Waals surface area contributed by atoms with Gasteiger partial charge in [-0.2, -0.15) is 22.0 Å². The molecule has 6 heteroatoms. The molecule has 0 N–H and O–H groups in total. The Hall–Kier alpha value is -1.40. The zero-order chi connectivity index (χ0) is 12.5. The lowest BCUT2D eigenvalue weighted by Gasteiger charge is -2.09. The lowest BCUT2D eigenvalue weighted by molar-refractivity contribution is -0.117. The lowest BCUT2D eigenvalue weighted by atomic mass is 10.2. The topological polar surface area (TPSA) is 46.1 Å². The second-order valence-electron chi connectivity index (χ2n) is 4.13. The summed E-state index contributed by atoms with van der Waals surface area (Å²) in [5.41, 5.74) is 1.02. The van der Waals surface area contributed by atoms with Crippen molar-refractivity contribution in [3.8, 4) is 10.6 Å². The minimum atomic E-state index is 0.0485. The molecule has 3 rings (SSSR count). The fourth-order valence-corrected chi connectivity index (χ4v) is 2.90. The number of thiol groups is 1. The van der Waals surface area contributed by atoms with Gasteiger partial charge in [0.15, 0.2) is 0 Å². The summed E-state index contributed by atoms with van der Waals surface area (Å²) in [5, 5.41) is 0.919. The van der Waals surface area contributed by atoms with Crippen LogP contribution in [0.4, 0.5) is 5.95 Å². The molecule has 1 atom stereocenters. The molecule has 1 amide bonds. The first-order valence-corrected chi connectivity index (χ1v) is 6.90. The average Bonchev–Trinajstić information content (AvgIpc) is 2.97. The second kappa shape index (κ2) is 4.70. The fourth-order valence-electron chi connectivity index (χ4n) is 1.91. The molecule has 4 nitrogen and oxygen atoms in total. The molecule has 2 aromatic rings. The minimum Gasteiger partial charge on any atom is -0.279 e. The number of carbonyl (C=O) groups excluding carboxylic acids is 1. The molecule has 1 aliphatic rings. The normalized spacial score (nSPS) is 19.5. The molecule has 0 saturated carbocycles. The maximum atomic E-state index is 11.7. The Morgan fingerprint density at radius 2 is 2.11 bits per heavy atom. The van der Waals surface area contributed by atoms with Gasteiger partial charge in [0.1, 0.15) is 5.01 Å². The number of anilines is 1. The van der Waals surface area contributed by atoms with Crippen LogP contribution in [0.1, 0.15) is 6.42 Å². The van der Waals surface area contributed by atoms with Crippen molar-refractivity contribution in [2.24, 2.45) is 0 Å². The van der Waals surface area contributed by atoms with Crippen molar-refractivity contribution in [2.45, 2.75) is 11.7 Å². The van der Waals surface area contributed by atoms with Crippen molar-refractivity contribution >= 4 is 36.0 Å². The van der Waals surface area contributed by atoms with Crippen LogP contribution in [-0.2, 0) is 4.79 Å². The highest BCUT2D eigenvalue weighted by atomic mass is 32.1. The van der Waals surface area contributed by atoms with Crippen LogP contribution in [0.2, 0.25) is 0 Å². The van der Waals surface area contributed by atoms with E-state index in [1.54, 1.807) is 4.90 Å². The standard InChI is InChI=1S/C12H11N3OS2/c16-10-6-9(17)7-15(10)12-13-11(18-14-12)8-4-2-1-3-5-8/h1-5,9,17H,6-7H2. The predicted molar refractivity (Wildman–Crippen MR) is 75.1 cm³/mol. The average molecular weight is 277 g/mol. The number of hydrogen-bond donors (Lipinski definition) is 1. The molecule has 18 heavy (non-hydrogen) atoms. The summed E-state index contributed by atoms with van der Waals surface area (Å²) in [5.74, 6) is 0.549. The number of benzene rings is 1. The number of hydrogen-bond acceptors (Lipinski definition) is 5. The molecular weight excluding hydrogens is 266 g/mol. The third-order valence-electron chi connectivity index (χ3n) is 2.78. The second-order valence-corrected chi connectivity index (χ2v) is 5.61. The van der Waals surface area contributed by atoms with E-state index in [1.165, 1.54) is 11.5 Å². The number of carbonyl (C=O) groups is 1. The first-order chi connectivity index (χ1) is 8.74. The zero-order valence-electron chi connectivity index (χ0n) is 9.48. The van der Waals surface area contributed by atoms with Gasteiger partial charge < -0.3 is 0 Å². The summed E-state index contributed by atoms with van der Waals surface area (Å²) in [4.78, 5) is 17.8. The van der Waals surface area contributed by atoms with Crippen molar-refractivity contribution in [2.75, 3.05) is 11.4 Å². The Morgan fingerprint density at radius 3 is 2.78 bits per heavy atom. The summed E-state index contributed by atoms with van der Waals surface area (Å²) in [6, 6.07) is 9.85. The lowest BCUT2D eigenvalue weighted by Crippen LogP contribution is -2.25. The molecule has 1 fully saturated rings. The number of rotatable bonds is 2. The molecule has 1 aliphatic heterocycles. The number of amides is 1. The maximum absolute atomic E-state index is 11.7. The van der Waals surface area contributed by atoms with E-state index in [4.69, 9.17) is 0 Å². The van der Waals surface area contributed by atoms with Gasteiger partial charge in [-0.3, -0.25) is 9.69 Å². The van der Waals surface area contributed by atoms with E-state index in [2.05, 4.69) is 22.0 Å². The minimum absolute atomic E-state index is 0.0485. The van der Waals surface area contributed by atoms with Crippen LogP contribution in [0.15, 0.2) is 30.3 Å². The van der Waals surface area contributed by atoms with Crippen molar-refractivity contribution in [3.63, 3.8) is 0 Å². The van der Waals surface area contributed by atoms with Gasteiger partial charge in [0.05, 0.1) is 0 Å². The molecule has 0 bridgehead atoms. The fraction of sp³-hybridized carbons (Fsp3) is 0.250. The Labute approximate surface area is 114 Å².